The third-order valence-electron chi connectivity index (χ3n) is 3.20. The molecule has 17 heavy (non-hydrogen) atoms. The van der Waals surface area contributed by atoms with E-state index in [9.17, 15) is 13.6 Å². The minimum absolute atomic E-state index is 0.0782. The van der Waals surface area contributed by atoms with E-state index in [0.717, 1.165) is 0 Å². The zero-order valence-corrected chi connectivity index (χ0v) is 10.7. The monoisotopic (exact) mass is 250 g/mol. The molecule has 0 aliphatic carbocycles. The summed E-state index contributed by atoms with van der Waals surface area (Å²) < 4.78 is 30.3. The van der Waals surface area contributed by atoms with E-state index < -0.39 is 24.4 Å². The Kier molecular flexibility index (Phi) is 4.09. The van der Waals surface area contributed by atoms with Crippen LogP contribution in [-0.2, 0) is 9.53 Å². The van der Waals surface area contributed by atoms with Crippen molar-refractivity contribution in [2.24, 2.45) is 0 Å². The van der Waals surface area contributed by atoms with Gasteiger partial charge in [0.2, 0.25) is 0 Å². The first-order valence-corrected chi connectivity index (χ1v) is 5.62. The van der Waals surface area contributed by atoms with Gasteiger partial charge in [0.25, 0.3) is 0 Å². The fraction of sp³-hybridized carbons (Fsp3) is 0.909. The molecule has 100 valence electrons. The maximum absolute atomic E-state index is 12.9. The summed E-state index contributed by atoms with van der Waals surface area (Å²) in [7, 11) is 3.90. The molecule has 0 saturated carbocycles. The molecular formula is C11H20F2N2O2. The second-order valence-electron chi connectivity index (χ2n) is 5.27. The van der Waals surface area contributed by atoms with E-state index in [0.29, 0.717) is 6.54 Å². The highest BCUT2D eigenvalue weighted by Crippen LogP contribution is 2.30. The van der Waals surface area contributed by atoms with Crippen LogP contribution in [0.5, 0.6) is 0 Å². The zero-order chi connectivity index (χ0) is 13.3. The van der Waals surface area contributed by atoms with Crippen LogP contribution in [0.25, 0.3) is 0 Å². The highest BCUT2D eigenvalue weighted by molar-refractivity contribution is 5.79. The predicted octanol–water partition coefficient (Wildman–Crippen LogP) is 0.867. The van der Waals surface area contributed by atoms with E-state index in [1.165, 1.54) is 0 Å². The molecule has 6 heteroatoms. The fourth-order valence-corrected chi connectivity index (χ4v) is 1.46. The average molecular weight is 250 g/mol. The van der Waals surface area contributed by atoms with Crippen LogP contribution < -0.4 is 5.32 Å². The molecule has 1 rings (SSSR count). The van der Waals surface area contributed by atoms with Crippen molar-refractivity contribution in [2.45, 2.75) is 37.8 Å². The molecule has 1 saturated heterocycles. The second kappa shape index (κ2) is 4.86. The minimum Gasteiger partial charge on any atom is -0.456 e. The van der Waals surface area contributed by atoms with Gasteiger partial charge in [-0.3, -0.25) is 0 Å². The third-order valence-corrected chi connectivity index (χ3v) is 3.20. The molecule has 0 bridgehead atoms. The molecule has 1 aliphatic rings. The second-order valence-corrected chi connectivity index (χ2v) is 5.27. The number of alkyl halides is 2. The topological polar surface area (TPSA) is 41.6 Å². The van der Waals surface area contributed by atoms with Gasteiger partial charge in [-0.15, -0.1) is 0 Å². The van der Waals surface area contributed by atoms with Crippen LogP contribution in [0.4, 0.5) is 8.78 Å². The molecule has 0 aromatic carbocycles. The predicted molar refractivity (Wildman–Crippen MR) is 60.1 cm³/mol. The molecule has 1 fully saturated rings. The van der Waals surface area contributed by atoms with Gasteiger partial charge in [0.15, 0.2) is 0 Å². The zero-order valence-electron chi connectivity index (χ0n) is 10.7. The van der Waals surface area contributed by atoms with E-state index >= 15 is 0 Å². The number of nitrogens with zero attached hydrogens (tertiary/aromatic N) is 1. The highest BCUT2D eigenvalue weighted by Gasteiger charge is 2.50. The van der Waals surface area contributed by atoms with Crippen LogP contribution in [0.1, 0.15) is 20.3 Å². The molecule has 0 radical (unpaired) electrons. The molecular weight excluding hydrogens is 230 g/mol. The van der Waals surface area contributed by atoms with Gasteiger partial charge in [0.05, 0.1) is 6.42 Å². The van der Waals surface area contributed by atoms with Gasteiger partial charge in [-0.1, -0.05) is 0 Å². The summed E-state index contributed by atoms with van der Waals surface area (Å²) in [5.74, 6) is -4.72. The van der Waals surface area contributed by atoms with Gasteiger partial charge in [0.1, 0.15) is 6.10 Å². The van der Waals surface area contributed by atoms with Gasteiger partial charge in [-0.2, -0.15) is 8.78 Å². The maximum Gasteiger partial charge on any atom is 0.377 e. The lowest BCUT2D eigenvalue weighted by Crippen LogP contribution is -2.48. The summed E-state index contributed by atoms with van der Waals surface area (Å²) in [6.07, 6.45) is -1.25. The molecule has 0 spiro atoms. The first-order valence-electron chi connectivity index (χ1n) is 5.62. The summed E-state index contributed by atoms with van der Waals surface area (Å²) in [6.45, 7) is 4.97. The van der Waals surface area contributed by atoms with Crippen LogP contribution in [0.3, 0.4) is 0 Å². The molecule has 0 amide bonds. The molecule has 1 N–H and O–H groups in total. The Hall–Kier alpha value is -0.750. The number of esters is 1. The number of nitrogens with one attached hydrogen (secondary N) is 1. The number of likely N-dealkylation sites (N-methyl/N-ethyl adjacent to an activating group) is 1. The number of cyclic esters (lactones) is 1. The number of halogens is 2. The Bertz CT molecular complexity index is 293. The van der Waals surface area contributed by atoms with Crippen LogP contribution in [0.2, 0.25) is 0 Å². The largest absolute Gasteiger partial charge is 0.456 e. The summed E-state index contributed by atoms with van der Waals surface area (Å²) in [4.78, 5) is 12.8. The van der Waals surface area contributed by atoms with Gasteiger partial charge < -0.3 is 15.0 Å². The molecule has 0 aromatic rings. The standard InChI is InChI=1S/C11H20F2N2O2/c1-10(2,15(3)4)7-14-6-8-5-11(12,13)9(16)17-8/h8,14H,5-7H2,1-4H3. The van der Waals surface area contributed by atoms with Crippen molar-refractivity contribution >= 4 is 5.97 Å². The molecule has 0 aromatic heterocycles. The van der Waals surface area contributed by atoms with E-state index in [4.69, 9.17) is 0 Å². The van der Waals surface area contributed by atoms with Crippen LogP contribution >= 0.6 is 0 Å². The van der Waals surface area contributed by atoms with Gasteiger partial charge >= 0.3 is 11.9 Å². The van der Waals surface area contributed by atoms with Crippen molar-refractivity contribution < 1.29 is 18.3 Å². The van der Waals surface area contributed by atoms with Crippen LogP contribution in [-0.4, -0.2) is 55.6 Å². The van der Waals surface area contributed by atoms with Crippen LogP contribution in [0, 0.1) is 0 Å². The molecule has 1 heterocycles. The summed E-state index contributed by atoms with van der Waals surface area (Å²) in [5, 5.41) is 3.06. The Morgan fingerprint density at radius 1 is 1.53 bits per heavy atom. The van der Waals surface area contributed by atoms with Crippen LogP contribution in [0.15, 0.2) is 0 Å². The smallest absolute Gasteiger partial charge is 0.377 e. The lowest BCUT2D eigenvalue weighted by Gasteiger charge is -2.33. The van der Waals surface area contributed by atoms with E-state index in [1.807, 2.05) is 32.8 Å². The number of carbonyl (C=O) groups is 1. The molecule has 1 aliphatic heterocycles. The summed E-state index contributed by atoms with van der Waals surface area (Å²) >= 11 is 0. The maximum atomic E-state index is 12.9. The van der Waals surface area contributed by atoms with E-state index in [2.05, 4.69) is 10.1 Å². The van der Waals surface area contributed by atoms with Crippen molar-refractivity contribution in [3.63, 3.8) is 0 Å². The number of hydrogen-bond donors (Lipinski definition) is 1. The Morgan fingerprint density at radius 3 is 2.53 bits per heavy atom. The van der Waals surface area contributed by atoms with Gasteiger partial charge in [-0.05, 0) is 27.9 Å². The Labute approximate surface area is 100 Å². The first-order chi connectivity index (χ1) is 7.65. The minimum atomic E-state index is -3.32. The third kappa shape index (κ3) is 3.61. The van der Waals surface area contributed by atoms with Crippen molar-refractivity contribution in [3.05, 3.63) is 0 Å². The van der Waals surface area contributed by atoms with Crippen molar-refractivity contribution in [3.8, 4) is 0 Å². The quantitative estimate of drug-likeness (QED) is 0.735. The average Bonchev–Trinajstić information content (AvgIpc) is 2.40. The Balaban J connectivity index is 2.32. The lowest BCUT2D eigenvalue weighted by molar-refractivity contribution is -0.159. The number of ether oxygens (including phenoxy) is 1. The van der Waals surface area contributed by atoms with Gasteiger partial charge in [0, 0.05) is 18.6 Å². The molecule has 4 nitrogen and oxygen atoms in total. The van der Waals surface area contributed by atoms with E-state index in [-0.39, 0.29) is 12.1 Å². The van der Waals surface area contributed by atoms with Gasteiger partial charge in [-0.25, -0.2) is 4.79 Å². The fourth-order valence-electron chi connectivity index (χ4n) is 1.46. The number of hydrogen-bond acceptors (Lipinski definition) is 4. The summed E-state index contributed by atoms with van der Waals surface area (Å²) in [6, 6.07) is 0. The SMILES string of the molecule is CN(C)C(C)(C)CNCC1CC(F)(F)C(=O)O1. The molecule has 1 atom stereocenters. The van der Waals surface area contributed by atoms with Crippen molar-refractivity contribution in [1.29, 1.82) is 0 Å². The van der Waals surface area contributed by atoms with E-state index in [1.54, 1.807) is 0 Å². The van der Waals surface area contributed by atoms with Crippen molar-refractivity contribution in [1.82, 2.24) is 10.2 Å². The molecule has 1 unspecified atom stereocenters. The number of rotatable bonds is 5. The lowest BCUT2D eigenvalue weighted by atomic mass is 10.0. The van der Waals surface area contributed by atoms with Crippen molar-refractivity contribution in [2.75, 3.05) is 27.2 Å². The highest BCUT2D eigenvalue weighted by atomic mass is 19.3. The Morgan fingerprint density at radius 2 is 2.12 bits per heavy atom. The normalized spacial score (nSPS) is 24.2. The summed E-state index contributed by atoms with van der Waals surface area (Å²) in [5.41, 5.74) is -0.0782. The number of carbonyl (C=O) groups excluding carboxylic acids is 1. The first kappa shape index (κ1) is 14.3.